The molecule has 162 valence electrons. The van der Waals surface area contributed by atoms with Gasteiger partial charge in [0.25, 0.3) is 0 Å². The molecule has 32 heavy (non-hydrogen) atoms. The van der Waals surface area contributed by atoms with Crippen LogP contribution < -0.4 is 10.1 Å². The standard InChI is InChI=1S/C24H20Cl2N4O2/c1-3-15-4-8-19(9-5-15)30-28-21-10-7-18(14-22(21)29-30)27-23(31)11-6-16-12-17(25)13-20(26)24(16)32-2/h4-14H,3H2,1-2H3,(H,27,31)/b11-6+. The lowest BCUT2D eigenvalue weighted by Crippen LogP contribution is -2.07. The highest BCUT2D eigenvalue weighted by Gasteiger charge is 2.09. The molecule has 0 bridgehead atoms. The van der Waals surface area contributed by atoms with E-state index in [1.807, 2.05) is 18.2 Å². The van der Waals surface area contributed by atoms with Crippen molar-refractivity contribution in [1.82, 2.24) is 15.0 Å². The number of nitrogens with one attached hydrogen (secondary N) is 1. The predicted molar refractivity (Wildman–Crippen MR) is 129 cm³/mol. The lowest BCUT2D eigenvalue weighted by Gasteiger charge is -2.08. The molecule has 0 aliphatic heterocycles. The van der Waals surface area contributed by atoms with Gasteiger partial charge in [0.15, 0.2) is 0 Å². The molecule has 0 aliphatic carbocycles. The minimum Gasteiger partial charge on any atom is -0.495 e. The van der Waals surface area contributed by atoms with Gasteiger partial charge in [-0.05, 0) is 60.5 Å². The summed E-state index contributed by atoms with van der Waals surface area (Å²) in [4.78, 5) is 14.0. The molecular formula is C24H20Cl2N4O2. The number of fused-ring (bicyclic) bond motifs is 1. The maximum Gasteiger partial charge on any atom is 0.248 e. The molecule has 3 aromatic carbocycles. The summed E-state index contributed by atoms with van der Waals surface area (Å²) in [6, 6.07) is 16.7. The number of ether oxygens (including phenoxy) is 1. The summed E-state index contributed by atoms with van der Waals surface area (Å²) in [6.45, 7) is 2.11. The van der Waals surface area contributed by atoms with Crippen LogP contribution in [0.2, 0.25) is 10.0 Å². The number of aromatic nitrogens is 3. The Labute approximate surface area is 195 Å². The average Bonchev–Trinajstić information content (AvgIpc) is 3.21. The Morgan fingerprint density at radius 1 is 1.06 bits per heavy atom. The third-order valence-corrected chi connectivity index (χ3v) is 5.38. The van der Waals surface area contributed by atoms with Crippen molar-refractivity contribution in [2.24, 2.45) is 0 Å². The van der Waals surface area contributed by atoms with Crippen LogP contribution in [0.25, 0.3) is 22.8 Å². The number of amides is 1. The van der Waals surface area contributed by atoms with E-state index in [1.165, 1.54) is 18.7 Å². The largest absolute Gasteiger partial charge is 0.495 e. The second-order valence-corrected chi connectivity index (χ2v) is 7.89. The highest BCUT2D eigenvalue weighted by atomic mass is 35.5. The van der Waals surface area contributed by atoms with Crippen LogP contribution in [0.5, 0.6) is 5.75 Å². The molecule has 0 saturated heterocycles. The van der Waals surface area contributed by atoms with Gasteiger partial charge in [0.05, 0.1) is 17.8 Å². The SMILES string of the molecule is CCc1ccc(-n2nc3ccc(NC(=O)/C=C/c4cc(Cl)cc(Cl)c4OC)cc3n2)cc1. The average molecular weight is 467 g/mol. The van der Waals surface area contributed by atoms with E-state index in [1.54, 1.807) is 35.1 Å². The van der Waals surface area contributed by atoms with Gasteiger partial charge in [-0.3, -0.25) is 4.79 Å². The first-order chi connectivity index (χ1) is 15.5. The van der Waals surface area contributed by atoms with E-state index in [0.717, 1.165) is 17.6 Å². The minimum atomic E-state index is -0.315. The van der Waals surface area contributed by atoms with E-state index in [4.69, 9.17) is 27.9 Å². The number of methoxy groups -OCH3 is 1. The molecule has 8 heteroatoms. The number of carbonyl (C=O) groups excluding carboxylic acids is 1. The van der Waals surface area contributed by atoms with Gasteiger partial charge in [-0.25, -0.2) is 0 Å². The molecule has 0 spiro atoms. The zero-order valence-corrected chi connectivity index (χ0v) is 19.0. The molecule has 0 atom stereocenters. The number of halogens is 2. The number of nitrogens with zero attached hydrogens (tertiary/aromatic N) is 3. The van der Waals surface area contributed by atoms with Gasteiger partial charge in [-0.2, -0.15) is 4.80 Å². The van der Waals surface area contributed by atoms with Crippen molar-refractivity contribution in [2.45, 2.75) is 13.3 Å². The van der Waals surface area contributed by atoms with E-state index in [2.05, 4.69) is 34.6 Å². The highest BCUT2D eigenvalue weighted by Crippen LogP contribution is 2.33. The molecule has 1 amide bonds. The molecule has 4 rings (SSSR count). The summed E-state index contributed by atoms with van der Waals surface area (Å²) in [5, 5.41) is 12.7. The van der Waals surface area contributed by atoms with Crippen molar-refractivity contribution in [1.29, 1.82) is 0 Å². The third-order valence-electron chi connectivity index (χ3n) is 4.88. The predicted octanol–water partition coefficient (Wildman–Crippen LogP) is 5.95. The Bertz CT molecular complexity index is 1310. The van der Waals surface area contributed by atoms with E-state index in [9.17, 15) is 4.79 Å². The smallest absolute Gasteiger partial charge is 0.248 e. The number of aryl methyl sites for hydroxylation is 1. The fraction of sp³-hybridized carbons (Fsp3) is 0.125. The maximum absolute atomic E-state index is 12.4. The summed E-state index contributed by atoms with van der Waals surface area (Å²) >= 11 is 12.2. The van der Waals surface area contributed by atoms with Crippen molar-refractivity contribution in [3.8, 4) is 11.4 Å². The third kappa shape index (κ3) is 4.77. The second-order valence-electron chi connectivity index (χ2n) is 7.05. The second kappa shape index (κ2) is 9.42. The summed E-state index contributed by atoms with van der Waals surface area (Å²) in [5.41, 5.74) is 4.75. The maximum atomic E-state index is 12.4. The van der Waals surface area contributed by atoms with Crippen LogP contribution in [-0.4, -0.2) is 28.0 Å². The molecule has 1 heterocycles. The number of benzene rings is 3. The molecule has 0 aliphatic rings. The molecule has 0 fully saturated rings. The van der Waals surface area contributed by atoms with Gasteiger partial charge in [-0.1, -0.05) is 42.3 Å². The number of anilines is 1. The van der Waals surface area contributed by atoms with Crippen LogP contribution in [0.15, 0.2) is 60.7 Å². The summed E-state index contributed by atoms with van der Waals surface area (Å²) in [5.74, 6) is 0.134. The van der Waals surface area contributed by atoms with Gasteiger partial charge in [0.1, 0.15) is 16.8 Å². The van der Waals surface area contributed by atoms with Gasteiger partial charge >= 0.3 is 0 Å². The Hall–Kier alpha value is -3.35. The monoisotopic (exact) mass is 466 g/mol. The van der Waals surface area contributed by atoms with Crippen molar-refractivity contribution in [3.05, 3.63) is 81.8 Å². The van der Waals surface area contributed by atoms with Gasteiger partial charge < -0.3 is 10.1 Å². The first-order valence-corrected chi connectivity index (χ1v) is 10.7. The van der Waals surface area contributed by atoms with Crippen LogP contribution in [0.3, 0.4) is 0 Å². The molecule has 6 nitrogen and oxygen atoms in total. The Kier molecular flexibility index (Phi) is 6.44. The van der Waals surface area contributed by atoms with Crippen LogP contribution >= 0.6 is 23.2 Å². The molecule has 1 N–H and O–H groups in total. The topological polar surface area (TPSA) is 69.0 Å². The summed E-state index contributed by atoms with van der Waals surface area (Å²) < 4.78 is 5.29. The molecular weight excluding hydrogens is 447 g/mol. The fourth-order valence-corrected chi connectivity index (χ4v) is 3.83. The van der Waals surface area contributed by atoms with Crippen LogP contribution in [0.4, 0.5) is 5.69 Å². The van der Waals surface area contributed by atoms with Gasteiger partial charge in [-0.15, -0.1) is 10.2 Å². The Morgan fingerprint density at radius 2 is 1.81 bits per heavy atom. The minimum absolute atomic E-state index is 0.315. The lowest BCUT2D eigenvalue weighted by molar-refractivity contribution is -0.111. The number of hydrogen-bond donors (Lipinski definition) is 1. The summed E-state index contributed by atoms with van der Waals surface area (Å²) in [6.07, 6.45) is 3.96. The van der Waals surface area contributed by atoms with Crippen LogP contribution in [0, 0.1) is 0 Å². The molecule has 0 radical (unpaired) electrons. The first-order valence-electron chi connectivity index (χ1n) is 9.95. The molecule has 0 saturated carbocycles. The normalized spacial score (nSPS) is 11.2. The van der Waals surface area contributed by atoms with Crippen molar-refractivity contribution >= 4 is 51.9 Å². The lowest BCUT2D eigenvalue weighted by atomic mass is 10.2. The van der Waals surface area contributed by atoms with Crippen LogP contribution in [-0.2, 0) is 11.2 Å². The van der Waals surface area contributed by atoms with Gasteiger partial charge in [0, 0.05) is 22.3 Å². The van der Waals surface area contributed by atoms with Crippen LogP contribution in [0.1, 0.15) is 18.1 Å². The molecule has 1 aromatic heterocycles. The van der Waals surface area contributed by atoms with E-state index >= 15 is 0 Å². The Balaban J connectivity index is 1.52. The van der Waals surface area contributed by atoms with Crippen molar-refractivity contribution in [2.75, 3.05) is 12.4 Å². The highest BCUT2D eigenvalue weighted by molar-refractivity contribution is 6.36. The van der Waals surface area contributed by atoms with E-state index < -0.39 is 0 Å². The zero-order chi connectivity index (χ0) is 22.7. The quantitative estimate of drug-likeness (QED) is 0.356. The molecule has 4 aromatic rings. The van der Waals surface area contributed by atoms with Crippen molar-refractivity contribution < 1.29 is 9.53 Å². The Morgan fingerprint density at radius 3 is 2.53 bits per heavy atom. The zero-order valence-electron chi connectivity index (χ0n) is 17.5. The fourth-order valence-electron chi connectivity index (χ4n) is 3.24. The molecule has 0 unspecified atom stereocenters. The van der Waals surface area contributed by atoms with Gasteiger partial charge in [0.2, 0.25) is 5.91 Å². The number of rotatable bonds is 6. The van der Waals surface area contributed by atoms with E-state index in [0.29, 0.717) is 32.6 Å². The number of carbonyl (C=O) groups is 1. The number of hydrogen-bond acceptors (Lipinski definition) is 4. The first kappa shape index (κ1) is 21.9. The van der Waals surface area contributed by atoms with E-state index in [-0.39, 0.29) is 5.91 Å². The van der Waals surface area contributed by atoms with Crippen molar-refractivity contribution in [3.63, 3.8) is 0 Å². The summed E-state index contributed by atoms with van der Waals surface area (Å²) in [7, 11) is 1.51.